The second kappa shape index (κ2) is 10.1. The highest BCUT2D eigenvalue weighted by Crippen LogP contribution is 2.16. The summed E-state index contributed by atoms with van der Waals surface area (Å²) in [6.07, 6.45) is 0. The Bertz CT molecular complexity index is 646. The van der Waals surface area contributed by atoms with Gasteiger partial charge in [-0.05, 0) is 36.6 Å². The van der Waals surface area contributed by atoms with Gasteiger partial charge >= 0.3 is 0 Å². The largest absolute Gasteiger partial charge is 0.329 e. The van der Waals surface area contributed by atoms with Crippen LogP contribution < -0.4 is 11.1 Å². The van der Waals surface area contributed by atoms with E-state index >= 15 is 0 Å². The number of nitrogens with two attached hydrogens (primary N) is 1. The second-order valence-corrected chi connectivity index (χ2v) is 5.85. The van der Waals surface area contributed by atoms with Gasteiger partial charge in [0.1, 0.15) is 0 Å². The minimum Gasteiger partial charge on any atom is -0.329 e. The van der Waals surface area contributed by atoms with Gasteiger partial charge in [-0.15, -0.1) is 12.4 Å². The minimum atomic E-state index is -0.0110. The SMILES string of the molecule is Cc1ccc(C)c(NC(=O)CN(CCN)Cc2ccccc2)c1.Cl. The van der Waals surface area contributed by atoms with Crippen molar-refractivity contribution in [3.63, 3.8) is 0 Å². The molecule has 0 radical (unpaired) electrons. The molecule has 0 aliphatic rings. The van der Waals surface area contributed by atoms with Gasteiger partial charge in [-0.1, -0.05) is 42.5 Å². The van der Waals surface area contributed by atoms with Crippen LogP contribution in [0.4, 0.5) is 5.69 Å². The van der Waals surface area contributed by atoms with Crippen molar-refractivity contribution in [2.45, 2.75) is 20.4 Å². The predicted octanol–water partition coefficient (Wildman–Crippen LogP) is 3.12. The van der Waals surface area contributed by atoms with Crippen molar-refractivity contribution in [3.05, 3.63) is 65.2 Å². The second-order valence-electron chi connectivity index (χ2n) is 5.85. The minimum absolute atomic E-state index is 0. The van der Waals surface area contributed by atoms with E-state index < -0.39 is 0 Å². The molecule has 1 amide bonds. The van der Waals surface area contributed by atoms with Crippen LogP contribution in [0.5, 0.6) is 0 Å². The lowest BCUT2D eigenvalue weighted by atomic mass is 10.1. The lowest BCUT2D eigenvalue weighted by molar-refractivity contribution is -0.117. The molecule has 0 fully saturated rings. The van der Waals surface area contributed by atoms with Crippen LogP contribution in [0.2, 0.25) is 0 Å². The first kappa shape index (κ1) is 20.2. The van der Waals surface area contributed by atoms with E-state index in [1.54, 1.807) is 0 Å². The molecule has 0 saturated carbocycles. The molecule has 0 aliphatic carbocycles. The smallest absolute Gasteiger partial charge is 0.238 e. The van der Waals surface area contributed by atoms with E-state index in [-0.39, 0.29) is 18.3 Å². The first-order valence-electron chi connectivity index (χ1n) is 7.92. The van der Waals surface area contributed by atoms with E-state index in [2.05, 4.69) is 22.3 Å². The fraction of sp³-hybridized carbons (Fsp3) is 0.316. The Morgan fingerprint density at radius 2 is 1.83 bits per heavy atom. The van der Waals surface area contributed by atoms with E-state index in [1.165, 1.54) is 5.56 Å². The number of carbonyl (C=O) groups is 1. The monoisotopic (exact) mass is 347 g/mol. The third kappa shape index (κ3) is 6.32. The number of amides is 1. The van der Waals surface area contributed by atoms with Crippen molar-refractivity contribution in [2.75, 3.05) is 25.0 Å². The maximum Gasteiger partial charge on any atom is 0.238 e. The number of aryl methyl sites for hydroxylation is 2. The number of nitrogens with zero attached hydrogens (tertiary/aromatic N) is 1. The quantitative estimate of drug-likeness (QED) is 0.809. The van der Waals surface area contributed by atoms with Crippen molar-refractivity contribution in [1.82, 2.24) is 4.90 Å². The zero-order valence-electron chi connectivity index (χ0n) is 14.3. The Morgan fingerprint density at radius 1 is 1.12 bits per heavy atom. The first-order chi connectivity index (χ1) is 11.1. The van der Waals surface area contributed by atoms with Gasteiger partial charge in [-0.25, -0.2) is 0 Å². The van der Waals surface area contributed by atoms with Crippen LogP contribution in [0.3, 0.4) is 0 Å². The molecule has 0 heterocycles. The Balaban J connectivity index is 0.00000288. The number of hydrogen-bond donors (Lipinski definition) is 2. The maximum absolute atomic E-state index is 12.4. The Labute approximate surface area is 150 Å². The van der Waals surface area contributed by atoms with Gasteiger partial charge < -0.3 is 11.1 Å². The number of hydrogen-bond acceptors (Lipinski definition) is 3. The summed E-state index contributed by atoms with van der Waals surface area (Å²) in [7, 11) is 0. The molecule has 2 aromatic carbocycles. The van der Waals surface area contributed by atoms with Gasteiger partial charge in [-0.3, -0.25) is 9.69 Å². The topological polar surface area (TPSA) is 58.4 Å². The first-order valence-corrected chi connectivity index (χ1v) is 7.92. The van der Waals surface area contributed by atoms with Crippen LogP contribution in [-0.4, -0.2) is 30.4 Å². The maximum atomic E-state index is 12.4. The molecular formula is C19H26ClN3O. The Morgan fingerprint density at radius 3 is 2.50 bits per heavy atom. The summed E-state index contributed by atoms with van der Waals surface area (Å²) in [5.41, 5.74) is 9.94. The molecule has 0 bridgehead atoms. The van der Waals surface area contributed by atoms with E-state index in [1.807, 2.05) is 50.2 Å². The van der Waals surface area contributed by atoms with E-state index in [0.717, 1.165) is 23.4 Å². The zero-order chi connectivity index (χ0) is 16.7. The fourth-order valence-electron chi connectivity index (χ4n) is 2.50. The van der Waals surface area contributed by atoms with Crippen LogP contribution in [-0.2, 0) is 11.3 Å². The summed E-state index contributed by atoms with van der Waals surface area (Å²) in [4.78, 5) is 14.4. The molecule has 4 nitrogen and oxygen atoms in total. The van der Waals surface area contributed by atoms with Gasteiger partial charge in [0.2, 0.25) is 5.91 Å². The summed E-state index contributed by atoms with van der Waals surface area (Å²) in [5, 5.41) is 3.00. The highest BCUT2D eigenvalue weighted by Gasteiger charge is 2.12. The average molecular weight is 348 g/mol. The lowest BCUT2D eigenvalue weighted by Crippen LogP contribution is -2.36. The fourth-order valence-corrected chi connectivity index (χ4v) is 2.50. The molecule has 0 atom stereocenters. The van der Waals surface area contributed by atoms with Crippen LogP contribution in [0.15, 0.2) is 48.5 Å². The molecule has 2 aromatic rings. The summed E-state index contributed by atoms with van der Waals surface area (Å²) >= 11 is 0. The highest BCUT2D eigenvalue weighted by atomic mass is 35.5. The number of nitrogens with one attached hydrogen (secondary N) is 1. The van der Waals surface area contributed by atoms with E-state index in [4.69, 9.17) is 5.73 Å². The Hall–Kier alpha value is -1.88. The van der Waals surface area contributed by atoms with Crippen molar-refractivity contribution in [3.8, 4) is 0 Å². The summed E-state index contributed by atoms with van der Waals surface area (Å²) in [6, 6.07) is 16.2. The van der Waals surface area contributed by atoms with Gasteiger partial charge in [0.15, 0.2) is 0 Å². The molecule has 130 valence electrons. The van der Waals surface area contributed by atoms with Crippen molar-refractivity contribution >= 4 is 24.0 Å². The summed E-state index contributed by atoms with van der Waals surface area (Å²) in [5.74, 6) is -0.0110. The highest BCUT2D eigenvalue weighted by molar-refractivity contribution is 5.93. The van der Waals surface area contributed by atoms with Gasteiger partial charge in [-0.2, -0.15) is 0 Å². The number of carbonyl (C=O) groups excluding carboxylic acids is 1. The van der Waals surface area contributed by atoms with Crippen LogP contribution in [0.1, 0.15) is 16.7 Å². The van der Waals surface area contributed by atoms with Crippen LogP contribution in [0.25, 0.3) is 0 Å². The lowest BCUT2D eigenvalue weighted by Gasteiger charge is -2.21. The Kier molecular flexibility index (Phi) is 8.47. The van der Waals surface area contributed by atoms with Gasteiger partial charge in [0, 0.05) is 25.3 Å². The molecular weight excluding hydrogens is 322 g/mol. The standard InChI is InChI=1S/C19H25N3O.ClH/c1-15-8-9-16(2)18(12-15)21-19(23)14-22(11-10-20)13-17-6-4-3-5-7-17;/h3-9,12H,10-11,13-14,20H2,1-2H3,(H,21,23);1H. The third-order valence-corrected chi connectivity index (χ3v) is 3.73. The molecule has 24 heavy (non-hydrogen) atoms. The average Bonchev–Trinajstić information content (AvgIpc) is 2.52. The third-order valence-electron chi connectivity index (χ3n) is 3.73. The molecule has 2 rings (SSSR count). The molecule has 0 aromatic heterocycles. The molecule has 0 unspecified atom stereocenters. The number of rotatable bonds is 7. The zero-order valence-corrected chi connectivity index (χ0v) is 15.1. The number of halogens is 1. The van der Waals surface area contributed by atoms with Gasteiger partial charge in [0.05, 0.1) is 6.54 Å². The van der Waals surface area contributed by atoms with Gasteiger partial charge in [0.25, 0.3) is 0 Å². The molecule has 0 aliphatic heterocycles. The molecule has 5 heteroatoms. The van der Waals surface area contributed by atoms with Crippen LogP contribution in [0, 0.1) is 13.8 Å². The van der Waals surface area contributed by atoms with Crippen molar-refractivity contribution < 1.29 is 4.79 Å². The molecule has 0 saturated heterocycles. The normalized spacial score (nSPS) is 10.3. The number of benzene rings is 2. The summed E-state index contributed by atoms with van der Waals surface area (Å²) in [6.45, 7) is 6.29. The molecule has 0 spiro atoms. The molecule has 3 N–H and O–H groups in total. The van der Waals surface area contributed by atoms with Crippen molar-refractivity contribution in [2.24, 2.45) is 5.73 Å². The number of anilines is 1. The summed E-state index contributed by atoms with van der Waals surface area (Å²) < 4.78 is 0. The van der Waals surface area contributed by atoms with Crippen molar-refractivity contribution in [1.29, 1.82) is 0 Å². The van der Waals surface area contributed by atoms with E-state index in [9.17, 15) is 4.79 Å². The van der Waals surface area contributed by atoms with E-state index in [0.29, 0.717) is 19.6 Å². The van der Waals surface area contributed by atoms with Crippen LogP contribution >= 0.6 is 12.4 Å². The predicted molar refractivity (Wildman–Crippen MR) is 103 cm³/mol.